The number of hydrogen-bond donors (Lipinski definition) is 1. The van der Waals surface area contributed by atoms with Crippen molar-refractivity contribution in [2.24, 2.45) is 0 Å². The number of nitrogens with one attached hydrogen (secondary N) is 1. The first-order valence-electron chi connectivity index (χ1n) is 9.84. The fourth-order valence-electron chi connectivity index (χ4n) is 3.36. The number of nitrogens with zero attached hydrogens (tertiary/aromatic N) is 2. The van der Waals surface area contributed by atoms with E-state index in [2.05, 4.69) is 10.3 Å². The Morgan fingerprint density at radius 2 is 1.94 bits per heavy atom. The number of morpholine rings is 1. The van der Waals surface area contributed by atoms with E-state index < -0.39 is 10.0 Å². The number of thiophene rings is 1. The van der Waals surface area contributed by atoms with E-state index in [4.69, 9.17) is 4.74 Å². The van der Waals surface area contributed by atoms with E-state index in [-0.39, 0.29) is 18.2 Å². The molecule has 164 valence electrons. The first-order valence-corrected chi connectivity index (χ1v) is 13.2. The van der Waals surface area contributed by atoms with Gasteiger partial charge in [0.2, 0.25) is 10.0 Å². The van der Waals surface area contributed by atoms with Crippen LogP contribution in [0.1, 0.15) is 26.5 Å². The molecule has 0 bridgehead atoms. The van der Waals surface area contributed by atoms with Gasteiger partial charge in [-0.25, -0.2) is 13.4 Å². The summed E-state index contributed by atoms with van der Waals surface area (Å²) in [7, 11) is -3.44. The minimum atomic E-state index is -3.44. The van der Waals surface area contributed by atoms with Crippen molar-refractivity contribution in [3.05, 3.63) is 62.8 Å². The quantitative estimate of drug-likeness (QED) is 0.564. The predicted octanol–water partition coefficient (Wildman–Crippen LogP) is 3.27. The van der Waals surface area contributed by atoms with Crippen LogP contribution in [0.2, 0.25) is 0 Å². The highest BCUT2D eigenvalue weighted by atomic mass is 32.2. The van der Waals surface area contributed by atoms with Crippen LogP contribution in [-0.4, -0.2) is 49.9 Å². The predicted molar refractivity (Wildman–Crippen MR) is 123 cm³/mol. The van der Waals surface area contributed by atoms with Gasteiger partial charge in [-0.15, -0.1) is 11.3 Å². The van der Waals surface area contributed by atoms with E-state index in [1.54, 1.807) is 17.4 Å². The van der Waals surface area contributed by atoms with Gasteiger partial charge in [-0.2, -0.15) is 15.6 Å². The topological polar surface area (TPSA) is 88.6 Å². The number of benzene rings is 1. The van der Waals surface area contributed by atoms with Gasteiger partial charge in [0, 0.05) is 30.6 Å². The molecular formula is C21H23N3O4S3. The lowest BCUT2D eigenvalue weighted by atomic mass is 10.1. The van der Waals surface area contributed by atoms with Gasteiger partial charge in [0.1, 0.15) is 9.88 Å². The Bertz CT molecular complexity index is 1150. The molecule has 10 heteroatoms. The van der Waals surface area contributed by atoms with Crippen molar-refractivity contribution in [2.45, 2.75) is 19.2 Å². The second-order valence-corrected chi connectivity index (χ2v) is 10.9. The molecule has 1 saturated heterocycles. The fourth-order valence-corrected chi connectivity index (χ4v) is 6.61. The van der Waals surface area contributed by atoms with Gasteiger partial charge in [-0.1, -0.05) is 24.3 Å². The van der Waals surface area contributed by atoms with E-state index in [0.29, 0.717) is 42.4 Å². The van der Waals surface area contributed by atoms with Crippen molar-refractivity contribution < 1.29 is 17.9 Å². The highest BCUT2D eigenvalue weighted by Crippen LogP contribution is 2.29. The molecule has 0 atom stereocenters. The van der Waals surface area contributed by atoms with Crippen LogP contribution in [0.15, 0.2) is 41.1 Å². The van der Waals surface area contributed by atoms with Gasteiger partial charge in [0.15, 0.2) is 0 Å². The van der Waals surface area contributed by atoms with Crippen LogP contribution in [0.5, 0.6) is 0 Å². The highest BCUT2D eigenvalue weighted by molar-refractivity contribution is 7.88. The van der Waals surface area contributed by atoms with Crippen LogP contribution in [0.4, 0.5) is 0 Å². The van der Waals surface area contributed by atoms with Crippen molar-refractivity contribution in [1.29, 1.82) is 0 Å². The zero-order valence-electron chi connectivity index (χ0n) is 17.0. The van der Waals surface area contributed by atoms with Crippen molar-refractivity contribution in [3.8, 4) is 10.6 Å². The summed E-state index contributed by atoms with van der Waals surface area (Å²) < 4.78 is 32.3. The number of sulfonamides is 1. The summed E-state index contributed by atoms with van der Waals surface area (Å²) in [5.41, 5.74) is 3.17. The summed E-state index contributed by atoms with van der Waals surface area (Å²) in [5, 5.41) is 7.73. The minimum absolute atomic E-state index is 0.0963. The Kier molecular flexibility index (Phi) is 6.83. The van der Waals surface area contributed by atoms with Crippen LogP contribution in [0, 0.1) is 6.92 Å². The molecule has 3 heterocycles. The molecule has 1 amide bonds. The van der Waals surface area contributed by atoms with E-state index >= 15 is 0 Å². The fraction of sp³-hybridized carbons (Fsp3) is 0.333. The molecular weight excluding hydrogens is 454 g/mol. The van der Waals surface area contributed by atoms with Gasteiger partial charge in [-0.3, -0.25) is 4.79 Å². The van der Waals surface area contributed by atoms with Crippen LogP contribution >= 0.6 is 22.7 Å². The molecule has 0 unspecified atom stereocenters. The summed E-state index contributed by atoms with van der Waals surface area (Å²) in [6.07, 6.45) is 0. The number of hydrogen-bond acceptors (Lipinski definition) is 7. The normalized spacial score (nSPS) is 15.1. The summed E-state index contributed by atoms with van der Waals surface area (Å²) >= 11 is 2.95. The lowest BCUT2D eigenvalue weighted by Crippen LogP contribution is -2.41. The first-order chi connectivity index (χ1) is 14.9. The van der Waals surface area contributed by atoms with E-state index in [0.717, 1.165) is 16.1 Å². The Labute approximate surface area is 189 Å². The number of rotatable bonds is 7. The number of thiazole rings is 1. The molecule has 1 aliphatic rings. The highest BCUT2D eigenvalue weighted by Gasteiger charge is 2.25. The second kappa shape index (κ2) is 9.58. The number of carbonyl (C=O) groups excluding carboxylic acids is 1. The maximum absolute atomic E-state index is 12.8. The second-order valence-electron chi connectivity index (χ2n) is 7.16. The first kappa shape index (κ1) is 22.1. The summed E-state index contributed by atoms with van der Waals surface area (Å²) in [6, 6.07) is 9.29. The number of aryl methyl sites for hydroxylation is 1. The molecule has 0 radical (unpaired) electrons. The molecule has 0 saturated carbocycles. The van der Waals surface area contributed by atoms with E-state index in [1.807, 2.05) is 41.9 Å². The number of aromatic nitrogens is 1. The Morgan fingerprint density at radius 3 is 2.65 bits per heavy atom. The van der Waals surface area contributed by atoms with Crippen molar-refractivity contribution in [3.63, 3.8) is 0 Å². The maximum Gasteiger partial charge on any atom is 0.263 e. The molecule has 1 aliphatic heterocycles. The molecule has 1 aromatic carbocycles. The van der Waals surface area contributed by atoms with Crippen molar-refractivity contribution in [1.82, 2.24) is 14.6 Å². The van der Waals surface area contributed by atoms with Crippen LogP contribution < -0.4 is 5.32 Å². The standard InChI is InChI=1S/C21H23N3O4S3/c1-15-19(30-21(23-15)17-6-11-29-13-17)20(25)22-12-16-4-2-3-5-18(16)14-31(26,27)24-7-9-28-10-8-24/h2-6,11,13H,7-10,12,14H2,1H3,(H,22,25). The molecule has 0 spiro atoms. The molecule has 2 aromatic heterocycles. The summed E-state index contributed by atoms with van der Waals surface area (Å²) in [4.78, 5) is 17.9. The largest absolute Gasteiger partial charge is 0.379 e. The molecule has 31 heavy (non-hydrogen) atoms. The summed E-state index contributed by atoms with van der Waals surface area (Å²) in [6.45, 7) is 3.65. The monoisotopic (exact) mass is 477 g/mol. The number of ether oxygens (including phenoxy) is 1. The van der Waals surface area contributed by atoms with Gasteiger partial charge in [0.25, 0.3) is 5.91 Å². The Morgan fingerprint density at radius 1 is 1.19 bits per heavy atom. The SMILES string of the molecule is Cc1nc(-c2ccsc2)sc1C(=O)NCc1ccccc1CS(=O)(=O)N1CCOCC1. The molecule has 1 fully saturated rings. The van der Waals surface area contributed by atoms with E-state index in [9.17, 15) is 13.2 Å². The lowest BCUT2D eigenvalue weighted by molar-refractivity contribution is 0.0729. The molecule has 1 N–H and O–H groups in total. The zero-order chi connectivity index (χ0) is 21.8. The van der Waals surface area contributed by atoms with E-state index in [1.165, 1.54) is 15.6 Å². The van der Waals surface area contributed by atoms with Crippen molar-refractivity contribution >= 4 is 38.6 Å². The molecule has 7 nitrogen and oxygen atoms in total. The van der Waals surface area contributed by atoms with Crippen LogP contribution in [0.3, 0.4) is 0 Å². The number of amides is 1. The van der Waals surface area contributed by atoms with Crippen LogP contribution in [-0.2, 0) is 27.1 Å². The lowest BCUT2D eigenvalue weighted by Gasteiger charge is -2.26. The van der Waals surface area contributed by atoms with Gasteiger partial charge >= 0.3 is 0 Å². The van der Waals surface area contributed by atoms with Gasteiger partial charge in [0.05, 0.1) is 24.7 Å². The molecule has 0 aliphatic carbocycles. The third-order valence-corrected chi connectivity index (χ3v) is 8.75. The number of carbonyl (C=O) groups is 1. The Hall–Kier alpha value is -2.11. The van der Waals surface area contributed by atoms with Crippen molar-refractivity contribution in [2.75, 3.05) is 26.3 Å². The molecule has 3 aromatic rings. The molecule has 4 rings (SSSR count). The average Bonchev–Trinajstić information content (AvgIpc) is 3.43. The van der Waals surface area contributed by atoms with Crippen LogP contribution in [0.25, 0.3) is 10.6 Å². The average molecular weight is 478 g/mol. The third-order valence-electron chi connectivity index (χ3n) is 5.03. The summed E-state index contributed by atoms with van der Waals surface area (Å²) in [5.74, 6) is -0.302. The zero-order valence-corrected chi connectivity index (χ0v) is 19.5. The minimum Gasteiger partial charge on any atom is -0.379 e. The Balaban J connectivity index is 1.45. The third kappa shape index (κ3) is 5.21. The van der Waals surface area contributed by atoms with Gasteiger partial charge < -0.3 is 10.1 Å². The smallest absolute Gasteiger partial charge is 0.263 e. The van der Waals surface area contributed by atoms with Gasteiger partial charge in [-0.05, 0) is 29.5 Å². The maximum atomic E-state index is 12.8.